The smallest absolute Gasteiger partial charge is 0.0540 e. The largest absolute Gasteiger partial charge is 0.310 e. The van der Waals surface area contributed by atoms with E-state index in [0.29, 0.717) is 0 Å². The van der Waals surface area contributed by atoms with Crippen LogP contribution >= 0.6 is 11.3 Å². The van der Waals surface area contributed by atoms with Crippen molar-refractivity contribution in [3.63, 3.8) is 0 Å². The molecule has 0 saturated carbocycles. The first-order chi connectivity index (χ1) is 27.0. The lowest BCUT2D eigenvalue weighted by molar-refractivity contribution is 0.660. The fraction of sp³-hybridized carbons (Fsp3) is 0.0566. The molecule has 2 heteroatoms. The molecule has 0 saturated heterocycles. The molecule has 1 aliphatic rings. The lowest BCUT2D eigenvalue weighted by Gasteiger charge is -2.30. The van der Waals surface area contributed by atoms with E-state index in [0.717, 1.165) is 17.1 Å². The normalized spacial score (nSPS) is 13.1. The number of rotatable bonds is 5. The molecule has 9 aromatic carbocycles. The van der Waals surface area contributed by atoms with Gasteiger partial charge in [0.1, 0.15) is 0 Å². The van der Waals surface area contributed by atoms with Crippen molar-refractivity contribution in [3.05, 3.63) is 199 Å². The molecule has 260 valence electrons. The van der Waals surface area contributed by atoms with Crippen LogP contribution in [0.1, 0.15) is 25.0 Å². The lowest BCUT2D eigenvalue weighted by atomic mass is 9.82. The number of thiophene rings is 1. The first kappa shape index (κ1) is 32.0. The zero-order valence-corrected chi connectivity index (χ0v) is 31.6. The van der Waals surface area contributed by atoms with Crippen molar-refractivity contribution in [1.82, 2.24) is 0 Å². The highest BCUT2D eigenvalue weighted by molar-refractivity contribution is 7.26. The van der Waals surface area contributed by atoms with Crippen LogP contribution in [0, 0.1) is 0 Å². The van der Waals surface area contributed by atoms with Gasteiger partial charge in [-0.05, 0) is 96.9 Å². The molecule has 0 amide bonds. The molecule has 55 heavy (non-hydrogen) atoms. The fourth-order valence-corrected chi connectivity index (χ4v) is 10.4. The summed E-state index contributed by atoms with van der Waals surface area (Å²) in [5.41, 5.74) is 13.6. The molecule has 11 rings (SSSR count). The second-order valence-corrected chi connectivity index (χ2v) is 16.4. The number of fused-ring (bicyclic) bond motifs is 9. The van der Waals surface area contributed by atoms with Crippen LogP contribution in [-0.4, -0.2) is 0 Å². The Morgan fingerprint density at radius 1 is 0.400 bits per heavy atom. The average molecular weight is 720 g/mol. The molecular weight excluding hydrogens is 683 g/mol. The molecular formula is C53H37NS. The van der Waals surface area contributed by atoms with E-state index in [1.54, 1.807) is 0 Å². The van der Waals surface area contributed by atoms with Crippen molar-refractivity contribution in [1.29, 1.82) is 0 Å². The van der Waals surface area contributed by atoms with E-state index in [1.165, 1.54) is 86.2 Å². The van der Waals surface area contributed by atoms with Crippen LogP contribution in [0.15, 0.2) is 188 Å². The monoisotopic (exact) mass is 719 g/mol. The summed E-state index contributed by atoms with van der Waals surface area (Å²) in [7, 11) is 0. The quantitative estimate of drug-likeness (QED) is 0.171. The molecule has 0 bridgehead atoms. The third-order valence-corrected chi connectivity index (χ3v) is 13.1. The van der Waals surface area contributed by atoms with Crippen molar-refractivity contribution in [2.75, 3.05) is 4.90 Å². The van der Waals surface area contributed by atoms with Crippen LogP contribution in [0.4, 0.5) is 17.1 Å². The van der Waals surface area contributed by atoms with Crippen molar-refractivity contribution < 1.29 is 0 Å². The lowest BCUT2D eigenvalue weighted by Crippen LogP contribution is -2.16. The Bertz CT molecular complexity index is 3120. The number of para-hydroxylation sites is 1. The predicted octanol–water partition coefficient (Wildman–Crippen LogP) is 15.5. The summed E-state index contributed by atoms with van der Waals surface area (Å²) in [6, 6.07) is 69.6. The minimum absolute atomic E-state index is 0.107. The Labute approximate surface area is 325 Å². The Morgan fingerprint density at radius 3 is 1.87 bits per heavy atom. The fourth-order valence-electron chi connectivity index (χ4n) is 9.10. The van der Waals surface area contributed by atoms with Gasteiger partial charge in [-0.25, -0.2) is 0 Å². The maximum Gasteiger partial charge on any atom is 0.0540 e. The summed E-state index contributed by atoms with van der Waals surface area (Å²) < 4.78 is 2.68. The minimum atomic E-state index is -0.107. The zero-order valence-electron chi connectivity index (χ0n) is 30.8. The third-order valence-electron chi connectivity index (χ3n) is 11.9. The summed E-state index contributed by atoms with van der Waals surface area (Å²) in [6.07, 6.45) is 0. The number of nitrogens with zero attached hydrogens (tertiary/aromatic N) is 1. The molecule has 10 aromatic rings. The van der Waals surface area contributed by atoms with Crippen molar-refractivity contribution >= 4 is 70.1 Å². The third kappa shape index (κ3) is 4.99. The van der Waals surface area contributed by atoms with Gasteiger partial charge in [0.25, 0.3) is 0 Å². The van der Waals surface area contributed by atoms with Gasteiger partial charge in [0.05, 0.1) is 5.69 Å². The van der Waals surface area contributed by atoms with Crippen molar-refractivity contribution in [2.45, 2.75) is 19.3 Å². The van der Waals surface area contributed by atoms with Gasteiger partial charge in [-0.15, -0.1) is 11.3 Å². The van der Waals surface area contributed by atoms with E-state index in [4.69, 9.17) is 0 Å². The van der Waals surface area contributed by atoms with Gasteiger partial charge in [0.15, 0.2) is 0 Å². The highest BCUT2D eigenvalue weighted by atomic mass is 32.1. The second kappa shape index (κ2) is 12.3. The van der Waals surface area contributed by atoms with Crippen LogP contribution in [0.25, 0.3) is 75.1 Å². The van der Waals surface area contributed by atoms with Crippen molar-refractivity contribution in [2.24, 2.45) is 0 Å². The molecule has 0 fully saturated rings. The Balaban J connectivity index is 1.06. The number of hydrogen-bond acceptors (Lipinski definition) is 2. The summed E-state index contributed by atoms with van der Waals surface area (Å²) in [4.78, 5) is 2.46. The van der Waals surface area contributed by atoms with E-state index in [-0.39, 0.29) is 5.41 Å². The molecule has 1 aromatic heterocycles. The van der Waals surface area contributed by atoms with Crippen LogP contribution in [0.3, 0.4) is 0 Å². The van der Waals surface area contributed by atoms with Gasteiger partial charge in [-0.1, -0.05) is 166 Å². The molecule has 1 heterocycles. The molecule has 0 spiro atoms. The van der Waals surface area contributed by atoms with E-state index in [2.05, 4.69) is 207 Å². The first-order valence-electron chi connectivity index (χ1n) is 19.1. The van der Waals surface area contributed by atoms with Gasteiger partial charge in [-0.3, -0.25) is 0 Å². The highest BCUT2D eigenvalue weighted by Crippen LogP contribution is 2.51. The molecule has 0 unspecified atom stereocenters. The van der Waals surface area contributed by atoms with Crippen LogP contribution < -0.4 is 4.90 Å². The second-order valence-electron chi connectivity index (χ2n) is 15.3. The van der Waals surface area contributed by atoms with E-state index >= 15 is 0 Å². The number of anilines is 3. The Kier molecular flexibility index (Phi) is 7.14. The van der Waals surface area contributed by atoms with Gasteiger partial charge in [0, 0.05) is 42.5 Å². The Hall–Kier alpha value is -6.48. The molecule has 1 aliphatic carbocycles. The topological polar surface area (TPSA) is 3.24 Å². The summed E-state index contributed by atoms with van der Waals surface area (Å²) in [5.74, 6) is 0. The number of benzene rings is 9. The summed E-state index contributed by atoms with van der Waals surface area (Å²) in [5, 5.41) is 7.77. The maximum absolute atomic E-state index is 2.46. The molecule has 0 aliphatic heterocycles. The van der Waals surface area contributed by atoms with Gasteiger partial charge < -0.3 is 4.90 Å². The molecule has 0 atom stereocenters. The van der Waals surface area contributed by atoms with Crippen LogP contribution in [0.2, 0.25) is 0 Å². The maximum atomic E-state index is 2.46. The SMILES string of the molecule is CC1(C)c2ccccc2-c2ccc(N(c3ccc(-c4ccc5c(c4)sc4c6ccccc6ccc54)cc3)c3ccccc3-c3cccc4ccccc34)cc21. The van der Waals surface area contributed by atoms with E-state index < -0.39 is 0 Å². The predicted molar refractivity (Wildman–Crippen MR) is 237 cm³/mol. The Morgan fingerprint density at radius 2 is 1.02 bits per heavy atom. The van der Waals surface area contributed by atoms with Gasteiger partial charge >= 0.3 is 0 Å². The van der Waals surface area contributed by atoms with Crippen LogP contribution in [-0.2, 0) is 5.41 Å². The van der Waals surface area contributed by atoms with Crippen LogP contribution in [0.5, 0.6) is 0 Å². The zero-order chi connectivity index (χ0) is 36.7. The van der Waals surface area contributed by atoms with E-state index in [1.807, 2.05) is 11.3 Å². The van der Waals surface area contributed by atoms with Crippen molar-refractivity contribution in [3.8, 4) is 33.4 Å². The summed E-state index contributed by atoms with van der Waals surface area (Å²) in [6.45, 7) is 4.72. The first-order valence-corrected chi connectivity index (χ1v) is 19.9. The summed E-state index contributed by atoms with van der Waals surface area (Å²) >= 11 is 1.90. The van der Waals surface area contributed by atoms with Gasteiger partial charge in [0.2, 0.25) is 0 Å². The van der Waals surface area contributed by atoms with E-state index in [9.17, 15) is 0 Å². The highest BCUT2D eigenvalue weighted by Gasteiger charge is 2.36. The standard InChI is InChI=1S/C53H37NS/c1-53(2)48-20-9-7-17-43(48)44-31-28-39(33-49(44)53)54(50-21-10-8-18-45(50)42-19-11-14-35-12-3-5-15-40(35)42)38-26-22-34(23-27-38)37-25-29-46-47-30-24-36-13-4-6-16-41(36)52(47)55-51(46)32-37/h3-33H,1-2H3. The molecule has 0 radical (unpaired) electrons. The number of hydrogen-bond donors (Lipinski definition) is 0. The van der Waals surface area contributed by atoms with Gasteiger partial charge in [-0.2, -0.15) is 0 Å². The molecule has 1 nitrogen and oxygen atoms in total. The minimum Gasteiger partial charge on any atom is -0.310 e. The average Bonchev–Trinajstić information content (AvgIpc) is 3.73. The molecule has 0 N–H and O–H groups in total.